The molecule has 1 atom stereocenters. The topological polar surface area (TPSA) is 66.4 Å². The molecule has 1 aromatic rings. The highest BCUT2D eigenvalue weighted by Crippen LogP contribution is 2.23. The maximum atomic E-state index is 11.9. The molecule has 0 aromatic carbocycles. The van der Waals surface area contributed by atoms with E-state index < -0.39 is 12.0 Å². The smallest absolute Gasteiger partial charge is 0.326 e. The second-order valence-electron chi connectivity index (χ2n) is 4.10. The van der Waals surface area contributed by atoms with E-state index in [0.29, 0.717) is 4.88 Å². The number of carboxylic acid groups (broad SMARTS) is 1. The highest BCUT2D eigenvalue weighted by Gasteiger charge is 2.25. The summed E-state index contributed by atoms with van der Waals surface area (Å²) >= 11 is 3.44. The van der Waals surface area contributed by atoms with Crippen molar-refractivity contribution in [3.63, 3.8) is 0 Å². The summed E-state index contributed by atoms with van der Waals surface area (Å²) in [6, 6.07) is -0.847. The third-order valence-electron chi connectivity index (χ3n) is 2.32. The van der Waals surface area contributed by atoms with Crippen LogP contribution in [0.25, 0.3) is 0 Å². The average Bonchev–Trinajstić information content (AvgIpc) is 2.55. The summed E-state index contributed by atoms with van der Waals surface area (Å²) < 4.78 is 0.887. The van der Waals surface area contributed by atoms with Crippen molar-refractivity contribution in [2.75, 3.05) is 0 Å². The van der Waals surface area contributed by atoms with Crippen molar-refractivity contribution in [2.45, 2.75) is 26.8 Å². The summed E-state index contributed by atoms with van der Waals surface area (Å²) in [6.45, 7) is 5.46. The molecule has 0 aliphatic rings. The SMILES string of the molecule is Cc1csc(C(=O)N[C@H](C(=O)O)C(C)C)c1I. The van der Waals surface area contributed by atoms with Gasteiger partial charge in [-0.3, -0.25) is 4.79 Å². The first kappa shape index (κ1) is 14.4. The molecule has 4 nitrogen and oxygen atoms in total. The minimum Gasteiger partial charge on any atom is -0.480 e. The zero-order valence-electron chi connectivity index (χ0n) is 9.78. The third-order valence-corrected chi connectivity index (χ3v) is 5.18. The number of hydrogen-bond donors (Lipinski definition) is 2. The van der Waals surface area contributed by atoms with E-state index in [2.05, 4.69) is 27.9 Å². The lowest BCUT2D eigenvalue weighted by Crippen LogP contribution is -2.44. The molecular formula is C11H14INO3S. The molecule has 1 rings (SSSR count). The van der Waals surface area contributed by atoms with E-state index >= 15 is 0 Å². The second-order valence-corrected chi connectivity index (χ2v) is 6.05. The van der Waals surface area contributed by atoms with E-state index in [4.69, 9.17) is 5.11 Å². The third kappa shape index (κ3) is 3.41. The predicted molar refractivity (Wildman–Crippen MR) is 75.5 cm³/mol. The van der Waals surface area contributed by atoms with Gasteiger partial charge in [0.1, 0.15) is 10.9 Å². The number of nitrogens with one attached hydrogen (secondary N) is 1. The van der Waals surface area contributed by atoms with Crippen LogP contribution in [0.5, 0.6) is 0 Å². The Morgan fingerprint density at radius 3 is 2.41 bits per heavy atom. The Morgan fingerprint density at radius 2 is 2.06 bits per heavy atom. The fraction of sp³-hybridized carbons (Fsp3) is 0.455. The first-order valence-corrected chi connectivity index (χ1v) is 7.07. The zero-order chi connectivity index (χ0) is 13.2. The molecule has 0 fully saturated rings. The Bertz CT molecular complexity index is 442. The lowest BCUT2D eigenvalue weighted by atomic mass is 10.0. The summed E-state index contributed by atoms with van der Waals surface area (Å²) in [5.74, 6) is -1.46. The van der Waals surface area contributed by atoms with Crippen molar-refractivity contribution in [2.24, 2.45) is 5.92 Å². The number of thiophene rings is 1. The van der Waals surface area contributed by atoms with Crippen LogP contribution < -0.4 is 5.32 Å². The summed E-state index contributed by atoms with van der Waals surface area (Å²) in [7, 11) is 0. The fourth-order valence-electron chi connectivity index (χ4n) is 1.30. The summed E-state index contributed by atoms with van der Waals surface area (Å²) in [4.78, 5) is 23.5. The number of aryl methyl sites for hydroxylation is 1. The van der Waals surface area contributed by atoms with Crippen molar-refractivity contribution in [1.82, 2.24) is 5.32 Å². The number of carbonyl (C=O) groups excluding carboxylic acids is 1. The van der Waals surface area contributed by atoms with Gasteiger partial charge in [-0.05, 0) is 46.4 Å². The monoisotopic (exact) mass is 367 g/mol. The Morgan fingerprint density at radius 1 is 1.47 bits per heavy atom. The molecule has 2 N–H and O–H groups in total. The van der Waals surface area contributed by atoms with E-state index in [1.165, 1.54) is 11.3 Å². The molecule has 1 heterocycles. The van der Waals surface area contributed by atoms with Crippen LogP contribution in [0.2, 0.25) is 0 Å². The van der Waals surface area contributed by atoms with Gasteiger partial charge in [0.25, 0.3) is 5.91 Å². The van der Waals surface area contributed by atoms with Crippen LogP contribution in [0.15, 0.2) is 5.38 Å². The normalized spacial score (nSPS) is 12.5. The van der Waals surface area contributed by atoms with Crippen molar-refractivity contribution in [3.8, 4) is 0 Å². The Kier molecular flexibility index (Phi) is 4.93. The van der Waals surface area contributed by atoms with E-state index in [1.807, 2.05) is 12.3 Å². The number of amides is 1. The molecule has 1 amide bonds. The Labute approximate surface area is 118 Å². The molecule has 94 valence electrons. The van der Waals surface area contributed by atoms with E-state index in [-0.39, 0.29) is 11.8 Å². The highest BCUT2D eigenvalue weighted by molar-refractivity contribution is 14.1. The molecule has 0 spiro atoms. The molecule has 0 unspecified atom stereocenters. The van der Waals surface area contributed by atoms with Crippen molar-refractivity contribution < 1.29 is 14.7 Å². The number of rotatable bonds is 4. The van der Waals surface area contributed by atoms with Gasteiger partial charge in [0.2, 0.25) is 0 Å². The number of carboxylic acids is 1. The molecule has 17 heavy (non-hydrogen) atoms. The minimum absolute atomic E-state index is 0.143. The van der Waals surface area contributed by atoms with Crippen LogP contribution in [0.1, 0.15) is 29.1 Å². The maximum Gasteiger partial charge on any atom is 0.326 e. The summed E-state index contributed by atoms with van der Waals surface area (Å²) in [6.07, 6.45) is 0. The second kappa shape index (κ2) is 5.81. The average molecular weight is 367 g/mol. The number of hydrogen-bond acceptors (Lipinski definition) is 3. The van der Waals surface area contributed by atoms with E-state index in [1.54, 1.807) is 13.8 Å². The fourth-order valence-corrected chi connectivity index (χ4v) is 3.14. The van der Waals surface area contributed by atoms with Gasteiger partial charge in [0, 0.05) is 3.57 Å². The van der Waals surface area contributed by atoms with Crippen LogP contribution in [0.3, 0.4) is 0 Å². The van der Waals surface area contributed by atoms with Crippen LogP contribution in [0, 0.1) is 16.4 Å². The van der Waals surface area contributed by atoms with E-state index in [0.717, 1.165) is 9.13 Å². The molecule has 0 aliphatic heterocycles. The lowest BCUT2D eigenvalue weighted by molar-refractivity contribution is -0.140. The molecule has 1 aromatic heterocycles. The molecule has 6 heteroatoms. The van der Waals surface area contributed by atoms with E-state index in [9.17, 15) is 9.59 Å². The van der Waals surface area contributed by atoms with Crippen LogP contribution in [-0.4, -0.2) is 23.0 Å². The molecule has 0 bridgehead atoms. The van der Waals surface area contributed by atoms with Crippen LogP contribution >= 0.6 is 33.9 Å². The van der Waals surface area contributed by atoms with Gasteiger partial charge in [0.15, 0.2) is 0 Å². The lowest BCUT2D eigenvalue weighted by Gasteiger charge is -2.17. The van der Waals surface area contributed by atoms with Gasteiger partial charge in [-0.25, -0.2) is 4.79 Å². The first-order valence-electron chi connectivity index (χ1n) is 5.11. The van der Waals surface area contributed by atoms with Gasteiger partial charge in [-0.2, -0.15) is 0 Å². The van der Waals surface area contributed by atoms with Gasteiger partial charge < -0.3 is 10.4 Å². The Hall–Kier alpha value is -0.630. The maximum absolute atomic E-state index is 11.9. The Balaban J connectivity index is 2.85. The minimum atomic E-state index is -1.00. The molecule has 0 saturated carbocycles. The highest BCUT2D eigenvalue weighted by atomic mass is 127. The molecule has 0 saturated heterocycles. The first-order chi connectivity index (χ1) is 7.84. The summed E-state index contributed by atoms with van der Waals surface area (Å²) in [5, 5.41) is 13.4. The molecule has 0 radical (unpaired) electrons. The molecule has 0 aliphatic carbocycles. The summed E-state index contributed by atoms with van der Waals surface area (Å²) in [5.41, 5.74) is 1.04. The van der Waals surface area contributed by atoms with Gasteiger partial charge in [0.05, 0.1) is 0 Å². The van der Waals surface area contributed by atoms with Crippen LogP contribution in [-0.2, 0) is 4.79 Å². The van der Waals surface area contributed by atoms with Crippen LogP contribution in [0.4, 0.5) is 0 Å². The standard InChI is InChI=1S/C11H14INO3S/c1-5(2)8(11(15)16)13-10(14)9-7(12)6(3)4-17-9/h4-5,8H,1-3H3,(H,13,14)(H,15,16)/t8-/m0/s1. The predicted octanol–water partition coefficient (Wildman–Crippen LogP) is 2.50. The van der Waals surface area contributed by atoms with Gasteiger partial charge >= 0.3 is 5.97 Å². The number of carbonyl (C=O) groups is 2. The van der Waals surface area contributed by atoms with Crippen molar-refractivity contribution in [1.29, 1.82) is 0 Å². The zero-order valence-corrected chi connectivity index (χ0v) is 12.8. The largest absolute Gasteiger partial charge is 0.480 e. The van der Waals surface area contributed by atoms with Gasteiger partial charge in [-0.1, -0.05) is 13.8 Å². The van der Waals surface area contributed by atoms with Gasteiger partial charge in [-0.15, -0.1) is 11.3 Å². The number of aliphatic carboxylic acids is 1. The van der Waals surface area contributed by atoms with Crippen molar-refractivity contribution >= 4 is 45.8 Å². The van der Waals surface area contributed by atoms with Crippen molar-refractivity contribution in [3.05, 3.63) is 19.4 Å². The molecular weight excluding hydrogens is 353 g/mol. The quantitative estimate of drug-likeness (QED) is 0.804. The number of halogens is 1.